The number of benzene rings is 1. The first-order valence-corrected chi connectivity index (χ1v) is 11.6. The molecule has 1 aliphatic rings. The van der Waals surface area contributed by atoms with Crippen molar-refractivity contribution >= 4 is 45.2 Å². The lowest BCUT2D eigenvalue weighted by Gasteiger charge is -2.26. The van der Waals surface area contributed by atoms with Crippen molar-refractivity contribution < 1.29 is 32.3 Å². The zero-order valence-corrected chi connectivity index (χ0v) is 18.0. The molecule has 9 nitrogen and oxygen atoms in total. The van der Waals surface area contributed by atoms with E-state index in [4.69, 9.17) is 9.47 Å². The summed E-state index contributed by atoms with van der Waals surface area (Å²) in [4.78, 5) is 35.7. The number of carbonyl (C=O) groups excluding carboxylic acids is 3. The number of carbonyl (C=O) groups is 3. The van der Waals surface area contributed by atoms with Crippen LogP contribution in [-0.4, -0.2) is 63.4 Å². The molecule has 1 aromatic heterocycles. The monoisotopic (exact) mass is 464 g/mol. The zero-order valence-electron chi connectivity index (χ0n) is 16.4. The van der Waals surface area contributed by atoms with E-state index in [-0.39, 0.29) is 4.90 Å². The maximum Gasteiger partial charge on any atom is 0.331 e. The van der Waals surface area contributed by atoms with Crippen LogP contribution in [0.5, 0.6) is 0 Å². The molecule has 1 aliphatic heterocycles. The summed E-state index contributed by atoms with van der Waals surface area (Å²) >= 11 is 1.18. The molecule has 0 unspecified atom stereocenters. The van der Waals surface area contributed by atoms with Crippen LogP contribution >= 0.6 is 11.3 Å². The SMILES string of the molecule is O=C(COC(=O)/C=C/c1ccc(S(=O)(=O)N2CCOCC2)cc1)NC(=O)c1cccs1. The Labute approximate surface area is 183 Å². The number of ether oxygens (including phenoxy) is 2. The van der Waals surface area contributed by atoms with Crippen LogP contribution in [0.4, 0.5) is 0 Å². The lowest BCUT2D eigenvalue weighted by atomic mass is 10.2. The van der Waals surface area contributed by atoms with Gasteiger partial charge in [-0.2, -0.15) is 4.31 Å². The van der Waals surface area contributed by atoms with E-state index in [1.54, 1.807) is 29.6 Å². The smallest absolute Gasteiger partial charge is 0.331 e. The molecule has 0 radical (unpaired) electrons. The quantitative estimate of drug-likeness (QED) is 0.484. The molecule has 11 heteroatoms. The zero-order chi connectivity index (χ0) is 22.3. The second-order valence-corrected chi connectivity index (χ2v) is 9.27. The number of hydrogen-bond acceptors (Lipinski definition) is 8. The van der Waals surface area contributed by atoms with Crippen LogP contribution in [0.1, 0.15) is 15.2 Å². The molecule has 1 N–H and O–H groups in total. The number of amides is 2. The minimum atomic E-state index is -3.59. The van der Waals surface area contributed by atoms with Crippen molar-refractivity contribution in [3.63, 3.8) is 0 Å². The molecule has 1 aromatic carbocycles. The second kappa shape index (κ2) is 10.4. The maximum absolute atomic E-state index is 12.6. The fourth-order valence-corrected chi connectivity index (χ4v) is 4.69. The molecule has 0 spiro atoms. The standard InChI is InChI=1S/C20H20N2O7S2/c23-18(21-20(25)17-2-1-13-30-17)14-29-19(24)8-5-15-3-6-16(7-4-15)31(26,27)22-9-11-28-12-10-22/h1-8,13H,9-12,14H2,(H,21,23,25)/b8-5+. The lowest BCUT2D eigenvalue weighted by molar-refractivity contribution is -0.143. The van der Waals surface area contributed by atoms with E-state index in [9.17, 15) is 22.8 Å². The number of nitrogens with zero attached hydrogens (tertiary/aromatic N) is 1. The van der Waals surface area contributed by atoms with Gasteiger partial charge in [0.15, 0.2) is 6.61 Å². The van der Waals surface area contributed by atoms with Crippen LogP contribution in [0.15, 0.2) is 52.7 Å². The average molecular weight is 465 g/mol. The molecule has 1 saturated heterocycles. The molecular formula is C20H20N2O7S2. The van der Waals surface area contributed by atoms with E-state index in [1.165, 1.54) is 33.9 Å². The van der Waals surface area contributed by atoms with E-state index in [2.05, 4.69) is 5.32 Å². The maximum atomic E-state index is 12.6. The van der Waals surface area contributed by atoms with Gasteiger partial charge in [0.2, 0.25) is 10.0 Å². The van der Waals surface area contributed by atoms with Crippen molar-refractivity contribution in [3.8, 4) is 0 Å². The number of sulfonamides is 1. The third-order valence-corrected chi connectivity index (χ3v) is 7.02. The van der Waals surface area contributed by atoms with Crippen LogP contribution in [0.2, 0.25) is 0 Å². The van der Waals surface area contributed by atoms with Gasteiger partial charge in [0, 0.05) is 19.2 Å². The van der Waals surface area contributed by atoms with Gasteiger partial charge in [-0.15, -0.1) is 11.3 Å². The summed E-state index contributed by atoms with van der Waals surface area (Å²) in [5.41, 5.74) is 0.579. The highest BCUT2D eigenvalue weighted by Crippen LogP contribution is 2.18. The average Bonchev–Trinajstić information content (AvgIpc) is 3.32. The summed E-state index contributed by atoms with van der Waals surface area (Å²) in [5.74, 6) is -2.07. The molecule has 1 fully saturated rings. The normalized spacial score (nSPS) is 15.0. The fourth-order valence-electron chi connectivity index (χ4n) is 2.67. The Bertz CT molecular complexity index is 1060. The topological polar surface area (TPSA) is 119 Å². The number of nitrogens with one attached hydrogen (secondary N) is 1. The van der Waals surface area contributed by atoms with E-state index in [0.717, 1.165) is 6.08 Å². The third-order valence-electron chi connectivity index (χ3n) is 4.24. The summed E-state index contributed by atoms with van der Waals surface area (Å²) in [7, 11) is -3.59. The van der Waals surface area contributed by atoms with Gasteiger partial charge in [0.1, 0.15) is 0 Å². The third kappa shape index (κ3) is 6.31. The lowest BCUT2D eigenvalue weighted by Crippen LogP contribution is -2.40. The molecule has 31 heavy (non-hydrogen) atoms. The van der Waals surface area contributed by atoms with Crippen LogP contribution in [0.25, 0.3) is 6.08 Å². The Morgan fingerprint density at radius 3 is 2.48 bits per heavy atom. The van der Waals surface area contributed by atoms with Gasteiger partial charge in [-0.3, -0.25) is 14.9 Å². The second-order valence-electron chi connectivity index (χ2n) is 6.38. The molecule has 2 aromatic rings. The van der Waals surface area contributed by atoms with Gasteiger partial charge in [0.05, 0.1) is 23.0 Å². The van der Waals surface area contributed by atoms with Gasteiger partial charge in [-0.1, -0.05) is 18.2 Å². The molecule has 0 bridgehead atoms. The van der Waals surface area contributed by atoms with Crippen molar-refractivity contribution in [3.05, 3.63) is 58.3 Å². The highest BCUT2D eigenvalue weighted by Gasteiger charge is 2.25. The minimum Gasteiger partial charge on any atom is -0.452 e. The van der Waals surface area contributed by atoms with Gasteiger partial charge in [-0.25, -0.2) is 13.2 Å². The Morgan fingerprint density at radius 2 is 1.84 bits per heavy atom. The van der Waals surface area contributed by atoms with Gasteiger partial charge < -0.3 is 9.47 Å². The van der Waals surface area contributed by atoms with Crippen LogP contribution in [-0.2, 0) is 29.1 Å². The Morgan fingerprint density at radius 1 is 1.13 bits per heavy atom. The highest BCUT2D eigenvalue weighted by atomic mass is 32.2. The van der Waals surface area contributed by atoms with E-state index >= 15 is 0 Å². The molecule has 0 atom stereocenters. The molecule has 2 amide bonds. The molecule has 3 rings (SSSR count). The van der Waals surface area contributed by atoms with E-state index in [1.807, 2.05) is 0 Å². The van der Waals surface area contributed by atoms with Gasteiger partial charge >= 0.3 is 5.97 Å². The Balaban J connectivity index is 1.49. The van der Waals surface area contributed by atoms with Crippen molar-refractivity contribution in [1.82, 2.24) is 9.62 Å². The van der Waals surface area contributed by atoms with Crippen LogP contribution in [0, 0.1) is 0 Å². The summed E-state index contributed by atoms with van der Waals surface area (Å²) in [6, 6.07) is 9.28. The van der Waals surface area contributed by atoms with Gasteiger partial charge in [-0.05, 0) is 35.2 Å². The largest absolute Gasteiger partial charge is 0.452 e. The van der Waals surface area contributed by atoms with Crippen LogP contribution in [0.3, 0.4) is 0 Å². The molecular weight excluding hydrogens is 444 g/mol. The molecule has 164 valence electrons. The van der Waals surface area contributed by atoms with Crippen LogP contribution < -0.4 is 5.32 Å². The number of esters is 1. The predicted octanol–water partition coefficient (Wildman–Crippen LogP) is 1.28. The number of imide groups is 1. The van der Waals surface area contributed by atoms with Crippen molar-refractivity contribution in [2.75, 3.05) is 32.9 Å². The summed E-state index contributed by atoms with van der Waals surface area (Å²) in [5, 5.41) is 3.82. The predicted molar refractivity (Wildman–Crippen MR) is 113 cm³/mol. The number of hydrogen-bond donors (Lipinski definition) is 1. The minimum absolute atomic E-state index is 0.154. The highest BCUT2D eigenvalue weighted by molar-refractivity contribution is 7.89. The van der Waals surface area contributed by atoms with E-state index < -0.39 is 34.4 Å². The first-order chi connectivity index (χ1) is 14.9. The number of morpholine rings is 1. The molecule has 2 heterocycles. The van der Waals surface area contributed by atoms with Crippen molar-refractivity contribution in [1.29, 1.82) is 0 Å². The fraction of sp³-hybridized carbons (Fsp3) is 0.250. The summed E-state index contributed by atoms with van der Waals surface area (Å²) in [6.07, 6.45) is 2.54. The first-order valence-electron chi connectivity index (χ1n) is 9.27. The van der Waals surface area contributed by atoms with Crippen molar-refractivity contribution in [2.45, 2.75) is 4.90 Å². The van der Waals surface area contributed by atoms with E-state index in [0.29, 0.717) is 36.7 Å². The van der Waals surface area contributed by atoms with Crippen molar-refractivity contribution in [2.24, 2.45) is 0 Å². The molecule has 0 aliphatic carbocycles. The summed E-state index contributed by atoms with van der Waals surface area (Å²) < 4.78 is 36.5. The van der Waals surface area contributed by atoms with Gasteiger partial charge in [0.25, 0.3) is 11.8 Å². The Hall–Kier alpha value is -2.86. The number of rotatable bonds is 7. The summed E-state index contributed by atoms with van der Waals surface area (Å²) in [6.45, 7) is 0.742. The Kier molecular flexibility index (Phi) is 7.69. The molecule has 0 saturated carbocycles. The number of thiophene rings is 1. The first kappa shape index (κ1) is 22.8.